The zero-order valence-electron chi connectivity index (χ0n) is 10.0. The highest BCUT2D eigenvalue weighted by molar-refractivity contribution is 4.79. The van der Waals surface area contributed by atoms with Gasteiger partial charge in [0.05, 0.1) is 0 Å². The zero-order valence-corrected chi connectivity index (χ0v) is 10.0. The molecule has 1 heteroatoms. The van der Waals surface area contributed by atoms with Crippen LogP contribution in [-0.2, 0) is 0 Å². The van der Waals surface area contributed by atoms with E-state index in [0.717, 1.165) is 18.5 Å². The first-order chi connectivity index (χ1) is 6.86. The predicted molar refractivity (Wildman–Crippen MR) is 63.6 cm³/mol. The van der Waals surface area contributed by atoms with Crippen LogP contribution in [0.1, 0.15) is 65.2 Å². The van der Waals surface area contributed by atoms with Gasteiger partial charge in [-0.05, 0) is 25.3 Å². The molecule has 0 radical (unpaired) electrons. The van der Waals surface area contributed by atoms with Crippen molar-refractivity contribution >= 4 is 0 Å². The van der Waals surface area contributed by atoms with Gasteiger partial charge in [0.2, 0.25) is 0 Å². The Labute approximate surface area is 89.7 Å². The van der Waals surface area contributed by atoms with Crippen LogP contribution in [0.4, 0.5) is 0 Å². The zero-order chi connectivity index (χ0) is 10.2. The molecule has 0 heterocycles. The molecule has 1 unspecified atom stereocenters. The van der Waals surface area contributed by atoms with Crippen LogP contribution < -0.4 is 5.32 Å². The predicted octanol–water partition coefficient (Wildman–Crippen LogP) is 3.74. The lowest BCUT2D eigenvalue weighted by atomic mass is 10.0. The minimum Gasteiger partial charge on any atom is -0.314 e. The Morgan fingerprint density at radius 1 is 1.14 bits per heavy atom. The van der Waals surface area contributed by atoms with E-state index in [9.17, 15) is 0 Å². The van der Waals surface area contributed by atoms with Crippen molar-refractivity contribution in [2.24, 2.45) is 5.92 Å². The number of rotatable bonds is 9. The maximum Gasteiger partial charge on any atom is 0.00695 e. The summed E-state index contributed by atoms with van der Waals surface area (Å²) in [4.78, 5) is 0. The summed E-state index contributed by atoms with van der Waals surface area (Å²) in [5.41, 5.74) is 0. The van der Waals surface area contributed by atoms with E-state index >= 15 is 0 Å². The van der Waals surface area contributed by atoms with Crippen molar-refractivity contribution in [3.8, 4) is 0 Å². The number of hydrogen-bond donors (Lipinski definition) is 1. The number of nitrogens with one attached hydrogen (secondary N) is 1. The summed E-state index contributed by atoms with van der Waals surface area (Å²) in [7, 11) is 0. The third-order valence-corrected chi connectivity index (χ3v) is 3.21. The van der Waals surface area contributed by atoms with Crippen LogP contribution in [-0.4, -0.2) is 12.6 Å². The smallest absolute Gasteiger partial charge is 0.00695 e. The summed E-state index contributed by atoms with van der Waals surface area (Å²) in [5, 5.41) is 3.63. The molecule has 0 saturated heterocycles. The van der Waals surface area contributed by atoms with E-state index in [2.05, 4.69) is 19.2 Å². The van der Waals surface area contributed by atoms with Gasteiger partial charge in [0.1, 0.15) is 0 Å². The molecule has 1 rings (SSSR count). The molecule has 0 spiro atoms. The molecular formula is C13H27N. The average molecular weight is 197 g/mol. The van der Waals surface area contributed by atoms with Crippen molar-refractivity contribution < 1.29 is 0 Å². The molecule has 0 aromatic heterocycles. The van der Waals surface area contributed by atoms with Crippen LogP contribution in [0.15, 0.2) is 0 Å². The van der Waals surface area contributed by atoms with Gasteiger partial charge in [-0.3, -0.25) is 0 Å². The number of hydrogen-bond acceptors (Lipinski definition) is 1. The Morgan fingerprint density at radius 3 is 2.50 bits per heavy atom. The highest BCUT2D eigenvalue weighted by Gasteiger charge is 2.24. The lowest BCUT2D eigenvalue weighted by molar-refractivity contribution is 0.423. The van der Waals surface area contributed by atoms with E-state index in [0.29, 0.717) is 0 Å². The molecule has 84 valence electrons. The van der Waals surface area contributed by atoms with E-state index < -0.39 is 0 Å². The van der Waals surface area contributed by atoms with Crippen LogP contribution in [0.5, 0.6) is 0 Å². The molecule has 0 aromatic carbocycles. The molecular weight excluding hydrogens is 170 g/mol. The molecule has 1 aliphatic rings. The maximum absolute atomic E-state index is 3.63. The summed E-state index contributed by atoms with van der Waals surface area (Å²) in [6.45, 7) is 5.66. The molecule has 0 aliphatic heterocycles. The van der Waals surface area contributed by atoms with E-state index in [-0.39, 0.29) is 0 Å². The van der Waals surface area contributed by atoms with E-state index in [4.69, 9.17) is 0 Å². The molecule has 1 nitrogen and oxygen atoms in total. The molecule has 1 aliphatic carbocycles. The first-order valence-electron chi connectivity index (χ1n) is 6.60. The molecule has 1 atom stereocenters. The van der Waals surface area contributed by atoms with E-state index in [1.165, 1.54) is 51.4 Å². The Hall–Kier alpha value is -0.0400. The Kier molecular flexibility index (Phi) is 6.25. The molecule has 0 aromatic rings. The van der Waals surface area contributed by atoms with Crippen molar-refractivity contribution in [1.29, 1.82) is 0 Å². The van der Waals surface area contributed by atoms with Crippen molar-refractivity contribution in [2.75, 3.05) is 6.54 Å². The van der Waals surface area contributed by atoms with Gasteiger partial charge in [0.15, 0.2) is 0 Å². The van der Waals surface area contributed by atoms with Gasteiger partial charge in [-0.2, -0.15) is 0 Å². The minimum atomic E-state index is 0.823. The molecule has 0 amide bonds. The molecule has 1 N–H and O–H groups in total. The lowest BCUT2D eigenvalue weighted by Gasteiger charge is -2.17. The van der Waals surface area contributed by atoms with Crippen molar-refractivity contribution in [1.82, 2.24) is 5.32 Å². The van der Waals surface area contributed by atoms with Crippen LogP contribution in [0.2, 0.25) is 0 Å². The maximum atomic E-state index is 3.63. The fraction of sp³-hybridized carbons (Fsp3) is 1.00. The van der Waals surface area contributed by atoms with Gasteiger partial charge in [-0.1, -0.05) is 52.4 Å². The quantitative estimate of drug-likeness (QED) is 0.555. The second-order valence-corrected chi connectivity index (χ2v) is 4.78. The first-order valence-corrected chi connectivity index (χ1v) is 6.60. The van der Waals surface area contributed by atoms with Gasteiger partial charge in [0, 0.05) is 6.04 Å². The average Bonchev–Trinajstić information content (AvgIpc) is 2.96. The largest absolute Gasteiger partial charge is 0.314 e. The second-order valence-electron chi connectivity index (χ2n) is 4.78. The second kappa shape index (κ2) is 7.28. The molecule has 0 bridgehead atoms. The Morgan fingerprint density at radius 2 is 1.93 bits per heavy atom. The van der Waals surface area contributed by atoms with E-state index in [1.807, 2.05) is 0 Å². The summed E-state index contributed by atoms with van der Waals surface area (Å²) in [5.74, 6) is 1.07. The summed E-state index contributed by atoms with van der Waals surface area (Å²) >= 11 is 0. The monoisotopic (exact) mass is 197 g/mol. The molecule has 14 heavy (non-hydrogen) atoms. The van der Waals surface area contributed by atoms with Crippen LogP contribution >= 0.6 is 0 Å². The van der Waals surface area contributed by atoms with Crippen molar-refractivity contribution in [3.05, 3.63) is 0 Å². The Bertz CT molecular complexity index is 129. The van der Waals surface area contributed by atoms with E-state index in [1.54, 1.807) is 0 Å². The fourth-order valence-corrected chi connectivity index (χ4v) is 2.17. The highest BCUT2D eigenvalue weighted by Crippen LogP contribution is 2.34. The van der Waals surface area contributed by atoms with Gasteiger partial charge < -0.3 is 5.32 Å². The van der Waals surface area contributed by atoms with Crippen LogP contribution in [0.25, 0.3) is 0 Å². The minimum absolute atomic E-state index is 0.823. The standard InChI is InChI=1S/C13H27N/c1-3-5-6-7-8-13(14-4-2)11-12-9-10-12/h12-14H,3-11H2,1-2H3. The molecule has 1 saturated carbocycles. The topological polar surface area (TPSA) is 12.0 Å². The van der Waals surface area contributed by atoms with Gasteiger partial charge >= 0.3 is 0 Å². The lowest BCUT2D eigenvalue weighted by Crippen LogP contribution is -2.29. The normalized spacial score (nSPS) is 18.4. The van der Waals surface area contributed by atoms with Crippen LogP contribution in [0.3, 0.4) is 0 Å². The third-order valence-electron chi connectivity index (χ3n) is 3.21. The van der Waals surface area contributed by atoms with Crippen LogP contribution in [0, 0.1) is 5.92 Å². The molecule has 1 fully saturated rings. The van der Waals surface area contributed by atoms with Gasteiger partial charge in [-0.15, -0.1) is 0 Å². The Balaban J connectivity index is 2.01. The summed E-state index contributed by atoms with van der Waals surface area (Å²) < 4.78 is 0. The van der Waals surface area contributed by atoms with Crippen molar-refractivity contribution in [3.63, 3.8) is 0 Å². The first kappa shape index (κ1) is 12.0. The van der Waals surface area contributed by atoms with Gasteiger partial charge in [0.25, 0.3) is 0 Å². The summed E-state index contributed by atoms with van der Waals surface area (Å²) in [6, 6.07) is 0.823. The third kappa shape index (κ3) is 5.64. The van der Waals surface area contributed by atoms with Crippen molar-refractivity contribution in [2.45, 2.75) is 71.3 Å². The highest BCUT2D eigenvalue weighted by atomic mass is 14.9. The van der Waals surface area contributed by atoms with Gasteiger partial charge in [-0.25, -0.2) is 0 Å². The fourth-order valence-electron chi connectivity index (χ4n) is 2.17. The number of unbranched alkanes of at least 4 members (excludes halogenated alkanes) is 3. The summed E-state index contributed by atoms with van der Waals surface area (Å²) in [6.07, 6.45) is 11.5. The SMILES string of the molecule is CCCCCCC(CC1CC1)NCC.